The molecule has 16 heavy (non-hydrogen) atoms. The molecule has 0 saturated carbocycles. The highest BCUT2D eigenvalue weighted by Gasteiger charge is 2.00. The number of benzene rings is 1. The second-order valence-corrected chi connectivity index (χ2v) is 5.20. The highest BCUT2D eigenvalue weighted by atomic mass is 35.5. The fourth-order valence-corrected chi connectivity index (χ4v) is 1.98. The van der Waals surface area contributed by atoms with Crippen LogP contribution in [-0.2, 0) is 6.42 Å². The standard InChI is InChI=1S/C14H22ClN/c1-11(2)10-16-8-4-5-13-7-6-12(3)9-14(13)15/h6-7,9,11,16H,4-5,8,10H2,1-3H3. The third-order valence-electron chi connectivity index (χ3n) is 2.56. The van der Waals surface area contributed by atoms with E-state index in [0.717, 1.165) is 36.9 Å². The van der Waals surface area contributed by atoms with E-state index in [2.05, 4.69) is 38.2 Å². The predicted octanol–water partition coefficient (Wildman–Crippen LogP) is 3.83. The van der Waals surface area contributed by atoms with E-state index in [4.69, 9.17) is 11.6 Å². The van der Waals surface area contributed by atoms with Crippen LogP contribution in [-0.4, -0.2) is 13.1 Å². The second kappa shape index (κ2) is 6.93. The molecule has 0 aliphatic rings. The summed E-state index contributed by atoms with van der Waals surface area (Å²) >= 11 is 6.17. The summed E-state index contributed by atoms with van der Waals surface area (Å²) in [5.41, 5.74) is 2.49. The average molecular weight is 240 g/mol. The first-order valence-corrected chi connectivity index (χ1v) is 6.43. The Morgan fingerprint density at radius 3 is 2.69 bits per heavy atom. The molecule has 1 aromatic rings. The molecule has 1 nitrogen and oxygen atoms in total. The van der Waals surface area contributed by atoms with Gasteiger partial charge in [-0.05, 0) is 56.0 Å². The zero-order valence-electron chi connectivity index (χ0n) is 10.5. The summed E-state index contributed by atoms with van der Waals surface area (Å²) in [5.74, 6) is 0.725. The molecule has 0 aliphatic carbocycles. The molecule has 0 aliphatic heterocycles. The zero-order valence-corrected chi connectivity index (χ0v) is 11.3. The molecular formula is C14H22ClN. The van der Waals surface area contributed by atoms with E-state index in [1.54, 1.807) is 0 Å². The van der Waals surface area contributed by atoms with Gasteiger partial charge in [-0.3, -0.25) is 0 Å². The molecule has 0 bridgehead atoms. The van der Waals surface area contributed by atoms with Crippen molar-refractivity contribution in [2.24, 2.45) is 5.92 Å². The Balaban J connectivity index is 2.27. The van der Waals surface area contributed by atoms with Crippen LogP contribution >= 0.6 is 11.6 Å². The van der Waals surface area contributed by atoms with Crippen LogP contribution in [0.3, 0.4) is 0 Å². The zero-order chi connectivity index (χ0) is 12.0. The van der Waals surface area contributed by atoms with Gasteiger partial charge < -0.3 is 5.32 Å². The number of rotatable bonds is 6. The van der Waals surface area contributed by atoms with Crippen molar-refractivity contribution in [3.05, 3.63) is 34.3 Å². The van der Waals surface area contributed by atoms with Crippen LogP contribution in [0.25, 0.3) is 0 Å². The van der Waals surface area contributed by atoms with E-state index in [1.165, 1.54) is 11.1 Å². The number of aryl methyl sites for hydroxylation is 2. The fourth-order valence-electron chi connectivity index (χ4n) is 1.65. The van der Waals surface area contributed by atoms with Crippen LogP contribution in [0.5, 0.6) is 0 Å². The smallest absolute Gasteiger partial charge is 0.0440 e. The molecule has 1 N–H and O–H groups in total. The van der Waals surface area contributed by atoms with Crippen molar-refractivity contribution in [2.45, 2.75) is 33.6 Å². The molecule has 0 saturated heterocycles. The number of nitrogens with one attached hydrogen (secondary N) is 1. The molecule has 0 heterocycles. The number of hydrogen-bond donors (Lipinski definition) is 1. The summed E-state index contributed by atoms with van der Waals surface area (Å²) in [6.07, 6.45) is 2.21. The minimum absolute atomic E-state index is 0.725. The minimum Gasteiger partial charge on any atom is -0.316 e. The first-order valence-electron chi connectivity index (χ1n) is 6.05. The van der Waals surface area contributed by atoms with Crippen molar-refractivity contribution in [1.29, 1.82) is 0 Å². The van der Waals surface area contributed by atoms with Gasteiger partial charge in [0, 0.05) is 5.02 Å². The van der Waals surface area contributed by atoms with Crippen molar-refractivity contribution in [2.75, 3.05) is 13.1 Å². The van der Waals surface area contributed by atoms with Gasteiger partial charge in [0.15, 0.2) is 0 Å². The summed E-state index contributed by atoms with van der Waals surface area (Å²) in [4.78, 5) is 0. The fraction of sp³-hybridized carbons (Fsp3) is 0.571. The van der Waals surface area contributed by atoms with E-state index in [0.29, 0.717) is 0 Å². The Morgan fingerprint density at radius 2 is 2.06 bits per heavy atom. The summed E-state index contributed by atoms with van der Waals surface area (Å²) in [6, 6.07) is 6.31. The number of hydrogen-bond acceptors (Lipinski definition) is 1. The molecule has 0 amide bonds. The molecule has 0 unspecified atom stereocenters. The molecule has 1 aromatic carbocycles. The molecular weight excluding hydrogens is 218 g/mol. The molecule has 0 fully saturated rings. The van der Waals surface area contributed by atoms with Gasteiger partial charge in [-0.2, -0.15) is 0 Å². The van der Waals surface area contributed by atoms with Crippen molar-refractivity contribution in [1.82, 2.24) is 5.32 Å². The Labute approximate surface area is 104 Å². The molecule has 0 radical (unpaired) electrons. The van der Waals surface area contributed by atoms with Gasteiger partial charge in [0.25, 0.3) is 0 Å². The van der Waals surface area contributed by atoms with Crippen LogP contribution in [0.4, 0.5) is 0 Å². The van der Waals surface area contributed by atoms with Crippen molar-refractivity contribution in [3.63, 3.8) is 0 Å². The van der Waals surface area contributed by atoms with Gasteiger partial charge >= 0.3 is 0 Å². The van der Waals surface area contributed by atoms with Crippen molar-refractivity contribution >= 4 is 11.6 Å². The summed E-state index contributed by atoms with van der Waals surface area (Å²) in [6.45, 7) is 8.69. The second-order valence-electron chi connectivity index (χ2n) is 4.80. The largest absolute Gasteiger partial charge is 0.316 e. The van der Waals surface area contributed by atoms with E-state index >= 15 is 0 Å². The van der Waals surface area contributed by atoms with Crippen molar-refractivity contribution < 1.29 is 0 Å². The maximum absolute atomic E-state index is 6.17. The third-order valence-corrected chi connectivity index (χ3v) is 2.91. The Kier molecular flexibility index (Phi) is 5.86. The van der Waals surface area contributed by atoms with E-state index in [9.17, 15) is 0 Å². The van der Waals surface area contributed by atoms with Crippen LogP contribution in [0.2, 0.25) is 5.02 Å². The normalized spacial score (nSPS) is 11.1. The maximum Gasteiger partial charge on any atom is 0.0440 e. The van der Waals surface area contributed by atoms with Crippen LogP contribution < -0.4 is 5.32 Å². The van der Waals surface area contributed by atoms with Gasteiger partial charge in [-0.1, -0.05) is 37.6 Å². The molecule has 0 spiro atoms. The molecule has 1 rings (SSSR count). The SMILES string of the molecule is Cc1ccc(CCCNCC(C)C)c(Cl)c1. The Bertz CT molecular complexity index is 321. The summed E-state index contributed by atoms with van der Waals surface area (Å²) in [7, 11) is 0. The molecule has 0 aromatic heterocycles. The van der Waals surface area contributed by atoms with E-state index in [1.807, 2.05) is 6.07 Å². The highest BCUT2D eigenvalue weighted by Crippen LogP contribution is 2.18. The lowest BCUT2D eigenvalue weighted by Crippen LogP contribution is -2.21. The van der Waals surface area contributed by atoms with Crippen LogP contribution in [0, 0.1) is 12.8 Å². The first kappa shape index (κ1) is 13.5. The minimum atomic E-state index is 0.725. The van der Waals surface area contributed by atoms with E-state index in [-0.39, 0.29) is 0 Å². The predicted molar refractivity (Wildman–Crippen MR) is 72.2 cm³/mol. The third kappa shape index (κ3) is 5.00. The lowest BCUT2D eigenvalue weighted by molar-refractivity contribution is 0.543. The summed E-state index contributed by atoms with van der Waals surface area (Å²) in [5, 5.41) is 4.35. The quantitative estimate of drug-likeness (QED) is 0.745. The highest BCUT2D eigenvalue weighted by molar-refractivity contribution is 6.31. The Hall–Kier alpha value is -0.530. The van der Waals surface area contributed by atoms with Gasteiger partial charge in [0.1, 0.15) is 0 Å². The van der Waals surface area contributed by atoms with Crippen LogP contribution in [0.1, 0.15) is 31.4 Å². The lowest BCUT2D eigenvalue weighted by Gasteiger charge is -2.08. The van der Waals surface area contributed by atoms with Gasteiger partial charge in [0.05, 0.1) is 0 Å². The lowest BCUT2D eigenvalue weighted by atomic mass is 10.1. The maximum atomic E-state index is 6.17. The van der Waals surface area contributed by atoms with Gasteiger partial charge in [0.2, 0.25) is 0 Å². The Morgan fingerprint density at radius 1 is 1.31 bits per heavy atom. The number of halogens is 1. The van der Waals surface area contributed by atoms with Crippen molar-refractivity contribution in [3.8, 4) is 0 Å². The summed E-state index contributed by atoms with van der Waals surface area (Å²) < 4.78 is 0. The van der Waals surface area contributed by atoms with Gasteiger partial charge in [-0.25, -0.2) is 0 Å². The topological polar surface area (TPSA) is 12.0 Å². The van der Waals surface area contributed by atoms with Gasteiger partial charge in [-0.15, -0.1) is 0 Å². The van der Waals surface area contributed by atoms with E-state index < -0.39 is 0 Å². The first-order chi connectivity index (χ1) is 7.59. The monoisotopic (exact) mass is 239 g/mol. The molecule has 2 heteroatoms. The molecule has 0 atom stereocenters. The molecule has 90 valence electrons. The van der Waals surface area contributed by atoms with Crippen LogP contribution in [0.15, 0.2) is 18.2 Å². The average Bonchev–Trinajstić information content (AvgIpc) is 2.20.